The molecule has 1 saturated heterocycles. The number of aromatic carboxylic acids is 1. The molecule has 0 aliphatic carbocycles. The van der Waals surface area contributed by atoms with Crippen LogP contribution in [0.4, 0.5) is 0 Å². The quantitative estimate of drug-likeness (QED) is 0.175. The maximum atomic E-state index is 11.8. The van der Waals surface area contributed by atoms with Gasteiger partial charge in [-0.25, -0.2) is 4.79 Å². The first-order valence-corrected chi connectivity index (χ1v) is 15.2. The van der Waals surface area contributed by atoms with Gasteiger partial charge in [0.15, 0.2) is 0 Å². The van der Waals surface area contributed by atoms with Crippen LogP contribution >= 0.6 is 0 Å². The van der Waals surface area contributed by atoms with Crippen LogP contribution in [0.2, 0.25) is 0 Å². The highest BCUT2D eigenvalue weighted by molar-refractivity contribution is 5.91. The van der Waals surface area contributed by atoms with E-state index in [-0.39, 0.29) is 17.6 Å². The second kappa shape index (κ2) is 17.6. The summed E-state index contributed by atoms with van der Waals surface area (Å²) in [5.74, 6) is 1.28. The van der Waals surface area contributed by atoms with Crippen molar-refractivity contribution in [1.29, 1.82) is 0 Å². The summed E-state index contributed by atoms with van der Waals surface area (Å²) in [6, 6.07) is 19.6. The molecule has 1 aliphatic heterocycles. The number of piperidine rings is 1. The van der Waals surface area contributed by atoms with Crippen molar-refractivity contribution in [3.05, 3.63) is 88.5 Å². The van der Waals surface area contributed by atoms with E-state index in [9.17, 15) is 9.90 Å². The van der Waals surface area contributed by atoms with E-state index in [0.717, 1.165) is 54.1 Å². The lowest BCUT2D eigenvalue weighted by Gasteiger charge is -2.33. The smallest absolute Gasteiger partial charge is 0.339 e. The number of para-hydroxylation sites is 1. The fraction of sp³-hybridized carbons (Fsp3) is 0.457. The average molecular weight is 608 g/mol. The molecule has 2 N–H and O–H groups in total. The van der Waals surface area contributed by atoms with Gasteiger partial charge in [-0.15, -0.1) is 0 Å². The third-order valence-corrected chi connectivity index (χ3v) is 7.83. The molecule has 9 heteroatoms. The first-order valence-electron chi connectivity index (χ1n) is 15.2. The summed E-state index contributed by atoms with van der Waals surface area (Å²) >= 11 is 0. The van der Waals surface area contributed by atoms with Crippen molar-refractivity contribution in [2.45, 2.75) is 51.4 Å². The lowest BCUT2D eigenvalue weighted by molar-refractivity contribution is 0.0103. The molecule has 0 aromatic heterocycles. The fourth-order valence-electron chi connectivity index (χ4n) is 5.37. The Bertz CT molecular complexity index is 1310. The molecular weight excluding hydrogens is 562 g/mol. The van der Waals surface area contributed by atoms with Gasteiger partial charge in [-0.3, -0.25) is 0 Å². The molecule has 0 spiro atoms. The van der Waals surface area contributed by atoms with Crippen LogP contribution in [0.15, 0.2) is 60.7 Å². The maximum Gasteiger partial charge on any atom is 0.339 e. The molecule has 238 valence electrons. The molecule has 2 atom stereocenters. The molecule has 0 saturated carbocycles. The number of methoxy groups -OCH3 is 2. The van der Waals surface area contributed by atoms with Gasteiger partial charge in [0.25, 0.3) is 0 Å². The van der Waals surface area contributed by atoms with Crippen LogP contribution in [-0.4, -0.2) is 70.9 Å². The van der Waals surface area contributed by atoms with Gasteiger partial charge in [0.1, 0.15) is 22.8 Å². The molecule has 0 radical (unpaired) electrons. The summed E-state index contributed by atoms with van der Waals surface area (Å²) in [5, 5.41) is 13.1. The number of hydrogen-bond acceptors (Lipinski definition) is 8. The molecule has 1 heterocycles. The van der Waals surface area contributed by atoms with Gasteiger partial charge >= 0.3 is 5.97 Å². The van der Waals surface area contributed by atoms with Crippen molar-refractivity contribution in [3.8, 4) is 17.2 Å². The van der Waals surface area contributed by atoms with E-state index >= 15 is 0 Å². The molecule has 3 aromatic carbocycles. The second-order valence-electron chi connectivity index (χ2n) is 10.8. The van der Waals surface area contributed by atoms with Crippen molar-refractivity contribution in [2.75, 3.05) is 53.7 Å². The SMILES string of the molecule is COCCCOc1c(C(=O)O)ccc(COC2CNCCC2c2ccc(OCCCOCc3ccccc3OC)cc2)c1C. The normalized spacial score (nSPS) is 16.4. The zero-order valence-corrected chi connectivity index (χ0v) is 26.0. The topological polar surface area (TPSA) is 105 Å². The van der Waals surface area contributed by atoms with E-state index in [1.807, 2.05) is 49.4 Å². The standard InChI is InChI=1S/C35H45NO8/c1-25-27(12-15-31(35(37)38)34(25)43-21-6-18-39-2)24-44-33-22-36-17-16-30(33)26-10-13-29(14-11-26)42-20-7-19-41-23-28-8-4-5-9-32(28)40-3/h4-5,8-15,30,33,36H,6-7,16-24H2,1-3H3,(H,37,38). The molecule has 1 fully saturated rings. The number of carboxylic acids is 1. The summed E-state index contributed by atoms with van der Waals surface area (Å²) in [4.78, 5) is 11.8. The van der Waals surface area contributed by atoms with E-state index in [1.54, 1.807) is 20.3 Å². The molecule has 44 heavy (non-hydrogen) atoms. The van der Waals surface area contributed by atoms with E-state index in [0.29, 0.717) is 51.8 Å². The number of nitrogens with one attached hydrogen (secondary N) is 1. The number of carbonyl (C=O) groups is 1. The minimum Gasteiger partial charge on any atom is -0.496 e. The zero-order chi connectivity index (χ0) is 31.1. The number of ether oxygens (including phenoxy) is 6. The summed E-state index contributed by atoms with van der Waals surface area (Å²) in [6.07, 6.45) is 2.39. The van der Waals surface area contributed by atoms with Gasteiger partial charge in [-0.2, -0.15) is 0 Å². The predicted molar refractivity (Wildman–Crippen MR) is 168 cm³/mol. The van der Waals surface area contributed by atoms with Crippen LogP contribution in [0, 0.1) is 6.92 Å². The molecule has 9 nitrogen and oxygen atoms in total. The largest absolute Gasteiger partial charge is 0.496 e. The first-order chi connectivity index (χ1) is 21.5. The highest BCUT2D eigenvalue weighted by Gasteiger charge is 2.28. The Morgan fingerprint density at radius 3 is 2.43 bits per heavy atom. The Balaban J connectivity index is 1.27. The van der Waals surface area contributed by atoms with E-state index < -0.39 is 5.97 Å². The number of carboxylic acid groups (broad SMARTS) is 1. The average Bonchev–Trinajstić information content (AvgIpc) is 3.05. The van der Waals surface area contributed by atoms with Crippen molar-refractivity contribution in [3.63, 3.8) is 0 Å². The van der Waals surface area contributed by atoms with E-state index in [2.05, 4.69) is 17.4 Å². The third kappa shape index (κ3) is 9.43. The second-order valence-corrected chi connectivity index (χ2v) is 10.8. The minimum absolute atomic E-state index is 0.0273. The lowest BCUT2D eigenvalue weighted by Crippen LogP contribution is -2.41. The highest BCUT2D eigenvalue weighted by Crippen LogP contribution is 2.32. The summed E-state index contributed by atoms with van der Waals surface area (Å²) in [6.45, 7) is 6.52. The van der Waals surface area contributed by atoms with Crippen LogP contribution in [0.5, 0.6) is 17.2 Å². The van der Waals surface area contributed by atoms with E-state index in [4.69, 9.17) is 28.4 Å². The van der Waals surface area contributed by atoms with Crippen molar-refractivity contribution >= 4 is 5.97 Å². The monoisotopic (exact) mass is 607 g/mol. The zero-order valence-electron chi connectivity index (χ0n) is 26.0. The Hall–Kier alpha value is -3.63. The fourth-order valence-corrected chi connectivity index (χ4v) is 5.37. The van der Waals surface area contributed by atoms with Crippen molar-refractivity contribution in [2.24, 2.45) is 0 Å². The predicted octanol–water partition coefficient (Wildman–Crippen LogP) is 5.77. The molecule has 1 aliphatic rings. The van der Waals surface area contributed by atoms with Crippen LogP contribution in [0.3, 0.4) is 0 Å². The van der Waals surface area contributed by atoms with Crippen LogP contribution in [-0.2, 0) is 27.4 Å². The Morgan fingerprint density at radius 2 is 1.66 bits per heavy atom. The van der Waals surface area contributed by atoms with Gasteiger partial charge in [0.2, 0.25) is 0 Å². The van der Waals surface area contributed by atoms with Gasteiger partial charge < -0.3 is 38.8 Å². The maximum absolute atomic E-state index is 11.8. The summed E-state index contributed by atoms with van der Waals surface area (Å²) in [5.41, 5.74) is 4.10. The van der Waals surface area contributed by atoms with E-state index in [1.165, 1.54) is 5.56 Å². The molecular formula is C35H45NO8. The van der Waals surface area contributed by atoms with Crippen LogP contribution < -0.4 is 19.5 Å². The Labute approximate surface area is 260 Å². The van der Waals surface area contributed by atoms with Crippen LogP contribution in [0.1, 0.15) is 57.8 Å². The first kappa shape index (κ1) is 33.3. The van der Waals surface area contributed by atoms with Gasteiger partial charge in [0.05, 0.1) is 46.2 Å². The molecule has 2 unspecified atom stereocenters. The molecule has 4 rings (SSSR count). The van der Waals surface area contributed by atoms with Gasteiger partial charge in [-0.1, -0.05) is 36.4 Å². The minimum atomic E-state index is -1.01. The highest BCUT2D eigenvalue weighted by atomic mass is 16.5. The summed E-state index contributed by atoms with van der Waals surface area (Å²) in [7, 11) is 3.30. The molecule has 3 aromatic rings. The van der Waals surface area contributed by atoms with Crippen LogP contribution in [0.25, 0.3) is 0 Å². The van der Waals surface area contributed by atoms with Gasteiger partial charge in [-0.05, 0) is 60.8 Å². The third-order valence-electron chi connectivity index (χ3n) is 7.83. The van der Waals surface area contributed by atoms with Crippen molar-refractivity contribution in [1.82, 2.24) is 5.32 Å². The van der Waals surface area contributed by atoms with Gasteiger partial charge in [0, 0.05) is 44.6 Å². The summed E-state index contributed by atoms with van der Waals surface area (Å²) < 4.78 is 34.6. The lowest BCUT2D eigenvalue weighted by atomic mass is 9.87. The number of hydrogen-bond donors (Lipinski definition) is 2. The molecule has 0 amide bonds. The Kier molecular flexibility index (Phi) is 13.3. The molecule has 0 bridgehead atoms. The Morgan fingerprint density at radius 1 is 0.886 bits per heavy atom. The number of rotatable bonds is 18. The number of benzene rings is 3. The van der Waals surface area contributed by atoms with Crippen molar-refractivity contribution < 1.29 is 38.3 Å².